The highest BCUT2D eigenvalue weighted by atomic mass is 19.1. The third-order valence-electron chi connectivity index (χ3n) is 2.42. The minimum atomic E-state index is -0.861. The van der Waals surface area contributed by atoms with Crippen LogP contribution >= 0.6 is 0 Å². The molecule has 0 fully saturated rings. The first-order valence-corrected chi connectivity index (χ1v) is 5.14. The Bertz CT molecular complexity index is 583. The molecule has 1 aromatic carbocycles. The number of rotatable bonds is 4. The maximum atomic E-state index is 13.4. The fourth-order valence-corrected chi connectivity index (χ4v) is 1.58. The highest BCUT2D eigenvalue weighted by Crippen LogP contribution is 2.18. The third-order valence-corrected chi connectivity index (χ3v) is 2.42. The Morgan fingerprint density at radius 2 is 2.28 bits per heavy atom. The highest BCUT2D eigenvalue weighted by molar-refractivity contribution is 5.35. The van der Waals surface area contributed by atoms with Crippen molar-refractivity contribution >= 4 is 5.69 Å². The molecule has 0 amide bonds. The SMILES string of the molecule is O=[N+]([O-])c1ccc(Cn2cnc(CO)c2)cc1F. The monoisotopic (exact) mass is 251 g/mol. The summed E-state index contributed by atoms with van der Waals surface area (Å²) in [5.41, 5.74) is 0.554. The summed E-state index contributed by atoms with van der Waals surface area (Å²) in [6, 6.07) is 3.74. The summed E-state index contributed by atoms with van der Waals surface area (Å²) in [4.78, 5) is 13.6. The second kappa shape index (κ2) is 4.92. The van der Waals surface area contributed by atoms with Gasteiger partial charge in [0.05, 0.1) is 23.6 Å². The Balaban J connectivity index is 2.19. The average molecular weight is 251 g/mol. The molecule has 7 heteroatoms. The first kappa shape index (κ1) is 12.2. The molecule has 1 N–H and O–H groups in total. The molecular formula is C11H10FN3O3. The lowest BCUT2D eigenvalue weighted by Crippen LogP contribution is -1.99. The molecule has 0 saturated carbocycles. The van der Waals surface area contributed by atoms with Crippen LogP contribution in [-0.2, 0) is 13.2 Å². The van der Waals surface area contributed by atoms with Crippen LogP contribution < -0.4 is 0 Å². The second-order valence-electron chi connectivity index (χ2n) is 3.74. The first-order valence-electron chi connectivity index (χ1n) is 5.14. The van der Waals surface area contributed by atoms with E-state index in [4.69, 9.17) is 5.11 Å². The van der Waals surface area contributed by atoms with Crippen molar-refractivity contribution in [3.8, 4) is 0 Å². The van der Waals surface area contributed by atoms with Crippen molar-refractivity contribution in [2.24, 2.45) is 0 Å². The number of nitro benzene ring substituents is 1. The lowest BCUT2D eigenvalue weighted by atomic mass is 10.2. The van der Waals surface area contributed by atoms with Gasteiger partial charge < -0.3 is 9.67 Å². The van der Waals surface area contributed by atoms with E-state index >= 15 is 0 Å². The molecule has 0 saturated heterocycles. The summed E-state index contributed by atoms with van der Waals surface area (Å²) in [5.74, 6) is -0.861. The summed E-state index contributed by atoms with van der Waals surface area (Å²) in [6.07, 6.45) is 3.13. The summed E-state index contributed by atoms with van der Waals surface area (Å²) in [7, 11) is 0. The van der Waals surface area contributed by atoms with Crippen molar-refractivity contribution in [2.45, 2.75) is 13.2 Å². The summed E-state index contributed by atoms with van der Waals surface area (Å²) in [5, 5.41) is 19.3. The highest BCUT2D eigenvalue weighted by Gasteiger charge is 2.13. The van der Waals surface area contributed by atoms with Crippen LogP contribution in [0.2, 0.25) is 0 Å². The van der Waals surface area contributed by atoms with Gasteiger partial charge >= 0.3 is 5.69 Å². The van der Waals surface area contributed by atoms with E-state index in [0.29, 0.717) is 17.8 Å². The van der Waals surface area contributed by atoms with Gasteiger partial charge in [0.25, 0.3) is 0 Å². The molecule has 0 aliphatic heterocycles. The fourth-order valence-electron chi connectivity index (χ4n) is 1.58. The maximum absolute atomic E-state index is 13.4. The molecule has 2 rings (SSSR count). The molecule has 1 heterocycles. The van der Waals surface area contributed by atoms with Crippen LogP contribution in [0.15, 0.2) is 30.7 Å². The molecule has 6 nitrogen and oxygen atoms in total. The van der Waals surface area contributed by atoms with Crippen molar-refractivity contribution in [1.29, 1.82) is 0 Å². The summed E-state index contributed by atoms with van der Waals surface area (Å²) in [6.45, 7) is 0.170. The molecule has 0 spiro atoms. The van der Waals surface area contributed by atoms with E-state index in [1.54, 1.807) is 10.8 Å². The number of halogens is 1. The largest absolute Gasteiger partial charge is 0.390 e. The smallest absolute Gasteiger partial charge is 0.304 e. The number of benzene rings is 1. The van der Waals surface area contributed by atoms with Gasteiger partial charge in [-0.05, 0) is 11.6 Å². The zero-order valence-electron chi connectivity index (χ0n) is 9.28. The van der Waals surface area contributed by atoms with Crippen LogP contribution in [0.1, 0.15) is 11.3 Å². The van der Waals surface area contributed by atoms with Crippen LogP contribution in [0, 0.1) is 15.9 Å². The molecule has 0 atom stereocenters. The molecule has 0 aliphatic rings. The maximum Gasteiger partial charge on any atom is 0.304 e. The Morgan fingerprint density at radius 3 is 2.83 bits per heavy atom. The van der Waals surface area contributed by atoms with Gasteiger partial charge in [0.1, 0.15) is 0 Å². The van der Waals surface area contributed by atoms with E-state index in [1.807, 2.05) is 0 Å². The molecule has 0 unspecified atom stereocenters. The van der Waals surface area contributed by atoms with Gasteiger partial charge in [-0.25, -0.2) is 4.98 Å². The van der Waals surface area contributed by atoms with Gasteiger partial charge in [-0.3, -0.25) is 10.1 Å². The third kappa shape index (κ3) is 2.51. The van der Waals surface area contributed by atoms with E-state index in [-0.39, 0.29) is 6.61 Å². The van der Waals surface area contributed by atoms with Gasteiger partial charge in [-0.15, -0.1) is 0 Å². The van der Waals surface area contributed by atoms with E-state index in [2.05, 4.69) is 4.98 Å². The van der Waals surface area contributed by atoms with Crippen LogP contribution in [-0.4, -0.2) is 19.6 Å². The van der Waals surface area contributed by atoms with Crippen molar-refractivity contribution in [3.63, 3.8) is 0 Å². The van der Waals surface area contributed by atoms with Crippen molar-refractivity contribution < 1.29 is 14.4 Å². The van der Waals surface area contributed by atoms with Gasteiger partial charge in [0.15, 0.2) is 0 Å². The molecule has 1 aromatic heterocycles. The zero-order chi connectivity index (χ0) is 13.1. The van der Waals surface area contributed by atoms with Gasteiger partial charge in [-0.1, -0.05) is 6.07 Å². The molecular weight excluding hydrogens is 241 g/mol. The number of imidazole rings is 1. The topological polar surface area (TPSA) is 81.2 Å². The molecule has 94 valence electrons. The number of hydrogen-bond acceptors (Lipinski definition) is 4. The lowest BCUT2D eigenvalue weighted by molar-refractivity contribution is -0.387. The normalized spacial score (nSPS) is 10.6. The number of nitro groups is 1. The van der Waals surface area contributed by atoms with E-state index in [0.717, 1.165) is 12.1 Å². The summed E-state index contributed by atoms with van der Waals surface area (Å²) < 4.78 is 15.0. The van der Waals surface area contributed by atoms with E-state index < -0.39 is 16.4 Å². The quantitative estimate of drug-likeness (QED) is 0.659. The van der Waals surface area contributed by atoms with Gasteiger partial charge in [0, 0.05) is 18.8 Å². The van der Waals surface area contributed by atoms with Crippen LogP contribution in [0.25, 0.3) is 0 Å². The number of aliphatic hydroxyl groups is 1. The predicted molar refractivity (Wildman–Crippen MR) is 60.3 cm³/mol. The number of hydrogen-bond donors (Lipinski definition) is 1. The fraction of sp³-hybridized carbons (Fsp3) is 0.182. The molecule has 0 bridgehead atoms. The molecule has 0 aliphatic carbocycles. The average Bonchev–Trinajstić information content (AvgIpc) is 2.76. The van der Waals surface area contributed by atoms with E-state index in [9.17, 15) is 14.5 Å². The van der Waals surface area contributed by atoms with Crippen LogP contribution in [0.4, 0.5) is 10.1 Å². The van der Waals surface area contributed by atoms with Crippen molar-refractivity contribution in [1.82, 2.24) is 9.55 Å². The summed E-state index contributed by atoms with van der Waals surface area (Å²) >= 11 is 0. The van der Waals surface area contributed by atoms with E-state index in [1.165, 1.54) is 12.4 Å². The van der Waals surface area contributed by atoms with Crippen LogP contribution in [0.5, 0.6) is 0 Å². The first-order chi connectivity index (χ1) is 8.60. The predicted octanol–water partition coefficient (Wildman–Crippen LogP) is 1.47. The standard InChI is InChI=1S/C11H10FN3O3/c12-10-3-8(1-2-11(10)15(17)18)4-14-5-9(6-16)13-7-14/h1-3,5,7,16H,4,6H2. The Labute approximate surface area is 101 Å². The van der Waals surface area contributed by atoms with Crippen molar-refractivity contribution in [3.05, 3.63) is 57.9 Å². The number of aliphatic hydroxyl groups excluding tert-OH is 1. The van der Waals surface area contributed by atoms with Crippen LogP contribution in [0.3, 0.4) is 0 Å². The van der Waals surface area contributed by atoms with Gasteiger partial charge in [-0.2, -0.15) is 4.39 Å². The number of aromatic nitrogens is 2. The Morgan fingerprint density at radius 1 is 1.50 bits per heavy atom. The molecule has 2 aromatic rings. The minimum absolute atomic E-state index is 0.165. The minimum Gasteiger partial charge on any atom is -0.390 e. The molecule has 0 radical (unpaired) electrons. The Hall–Kier alpha value is -2.28. The Kier molecular flexibility index (Phi) is 3.33. The van der Waals surface area contributed by atoms with Crippen molar-refractivity contribution in [2.75, 3.05) is 0 Å². The van der Waals surface area contributed by atoms with Gasteiger partial charge in [0.2, 0.25) is 5.82 Å². The molecule has 18 heavy (non-hydrogen) atoms. The zero-order valence-corrected chi connectivity index (χ0v) is 9.28. The second-order valence-corrected chi connectivity index (χ2v) is 3.74. The lowest BCUT2D eigenvalue weighted by Gasteiger charge is -2.02. The number of nitrogens with zero attached hydrogens (tertiary/aromatic N) is 3.